The van der Waals surface area contributed by atoms with E-state index in [1.807, 2.05) is 6.33 Å². The number of hydrogen-bond acceptors (Lipinski definition) is 4. The Balaban J connectivity index is 1.71. The molecule has 3 heterocycles. The third-order valence-electron chi connectivity index (χ3n) is 4.75. The molecule has 0 saturated carbocycles. The molecule has 1 aromatic heterocycles. The van der Waals surface area contributed by atoms with Crippen molar-refractivity contribution in [3.63, 3.8) is 0 Å². The van der Waals surface area contributed by atoms with Gasteiger partial charge in [-0.1, -0.05) is 6.92 Å². The topological polar surface area (TPSA) is 42.3 Å². The normalized spacial score (nSPS) is 29.7. The summed E-state index contributed by atoms with van der Waals surface area (Å²) in [4.78, 5) is 6.91. The average Bonchev–Trinajstić information content (AvgIpc) is 3.09. The predicted molar refractivity (Wildman–Crippen MR) is 79.0 cm³/mol. The quantitative estimate of drug-likeness (QED) is 0.893. The van der Waals surface area contributed by atoms with Crippen LogP contribution in [0, 0.1) is 0 Å². The summed E-state index contributed by atoms with van der Waals surface area (Å²) < 4.78 is 7.80. The first-order chi connectivity index (χ1) is 9.69. The van der Waals surface area contributed by atoms with Crippen molar-refractivity contribution in [2.24, 2.45) is 0 Å². The Morgan fingerprint density at radius 2 is 2.25 bits per heavy atom. The lowest BCUT2D eigenvalue weighted by Gasteiger charge is -2.32. The van der Waals surface area contributed by atoms with Crippen LogP contribution in [0.15, 0.2) is 12.5 Å². The molecular weight excluding hydrogens is 252 g/mol. The molecule has 2 fully saturated rings. The molecule has 0 aliphatic carbocycles. The molecule has 3 rings (SSSR count). The van der Waals surface area contributed by atoms with E-state index in [0.717, 1.165) is 45.9 Å². The van der Waals surface area contributed by atoms with E-state index >= 15 is 0 Å². The molecule has 2 aliphatic rings. The number of rotatable bonds is 4. The van der Waals surface area contributed by atoms with Crippen LogP contribution in [0.1, 0.15) is 32.0 Å². The molecule has 5 heteroatoms. The van der Waals surface area contributed by atoms with Crippen LogP contribution in [0.3, 0.4) is 0 Å². The third-order valence-corrected chi connectivity index (χ3v) is 4.75. The number of aromatic nitrogens is 2. The number of imidazole rings is 1. The molecule has 20 heavy (non-hydrogen) atoms. The summed E-state index contributed by atoms with van der Waals surface area (Å²) in [5.74, 6) is 0. The lowest BCUT2D eigenvalue weighted by molar-refractivity contribution is 0.0323. The first-order valence-electron chi connectivity index (χ1n) is 7.72. The van der Waals surface area contributed by atoms with Crippen LogP contribution in [0.25, 0.3) is 0 Å². The van der Waals surface area contributed by atoms with Crippen LogP contribution >= 0.6 is 0 Å². The summed E-state index contributed by atoms with van der Waals surface area (Å²) in [6.45, 7) is 11.7. The lowest BCUT2D eigenvalue weighted by atomic mass is 9.86. The highest BCUT2D eigenvalue weighted by Gasteiger charge is 2.34. The highest BCUT2D eigenvalue weighted by Crippen LogP contribution is 2.31. The van der Waals surface area contributed by atoms with Crippen LogP contribution in [0.2, 0.25) is 0 Å². The molecule has 2 aliphatic heterocycles. The Hall–Kier alpha value is -0.910. The summed E-state index contributed by atoms with van der Waals surface area (Å²) in [6, 6.07) is 0.461. The molecule has 2 unspecified atom stereocenters. The smallest absolute Gasteiger partial charge is 0.0951 e. The minimum atomic E-state index is 0.232. The standard InChI is InChI=1S/C15H26N4O/c1-13(10-18-5-7-20-8-6-18)19-12-17-9-14(19)15(2)3-4-16-11-15/h9,12-13,16H,3-8,10-11H2,1-2H3. The monoisotopic (exact) mass is 278 g/mol. The van der Waals surface area contributed by atoms with Crippen LogP contribution in [0.5, 0.6) is 0 Å². The molecule has 112 valence electrons. The summed E-state index contributed by atoms with van der Waals surface area (Å²) in [5.41, 5.74) is 1.61. The minimum absolute atomic E-state index is 0.232. The molecule has 2 atom stereocenters. The minimum Gasteiger partial charge on any atom is -0.379 e. The van der Waals surface area contributed by atoms with Crippen molar-refractivity contribution in [2.75, 3.05) is 45.9 Å². The van der Waals surface area contributed by atoms with Gasteiger partial charge in [0.15, 0.2) is 0 Å². The largest absolute Gasteiger partial charge is 0.379 e. The van der Waals surface area contributed by atoms with Gasteiger partial charge in [-0.2, -0.15) is 0 Å². The molecule has 0 spiro atoms. The lowest BCUT2D eigenvalue weighted by Crippen LogP contribution is -2.40. The Labute approximate surface area is 121 Å². The maximum atomic E-state index is 5.42. The fraction of sp³-hybridized carbons (Fsp3) is 0.800. The number of morpholine rings is 1. The summed E-state index contributed by atoms with van der Waals surface area (Å²) in [5, 5.41) is 3.48. The second-order valence-electron chi connectivity index (χ2n) is 6.44. The highest BCUT2D eigenvalue weighted by atomic mass is 16.5. The van der Waals surface area contributed by atoms with Gasteiger partial charge in [-0.25, -0.2) is 4.98 Å². The SMILES string of the molecule is CC(CN1CCOCC1)n1cncc1C1(C)CCNC1. The van der Waals surface area contributed by atoms with Crippen LogP contribution < -0.4 is 5.32 Å². The van der Waals surface area contributed by atoms with Crippen molar-refractivity contribution >= 4 is 0 Å². The first-order valence-corrected chi connectivity index (χ1v) is 7.72. The molecule has 1 aromatic rings. The van der Waals surface area contributed by atoms with Gasteiger partial charge in [-0.05, 0) is 19.9 Å². The van der Waals surface area contributed by atoms with E-state index in [0.29, 0.717) is 6.04 Å². The van der Waals surface area contributed by atoms with Crippen LogP contribution in [-0.2, 0) is 10.2 Å². The summed E-state index contributed by atoms with van der Waals surface area (Å²) in [6.07, 6.45) is 5.26. The van der Waals surface area contributed by atoms with Gasteiger partial charge in [0.2, 0.25) is 0 Å². The molecule has 0 bridgehead atoms. The first kappa shape index (κ1) is 14.0. The number of hydrogen-bond donors (Lipinski definition) is 1. The van der Waals surface area contributed by atoms with Crippen LogP contribution in [0.4, 0.5) is 0 Å². The van der Waals surface area contributed by atoms with E-state index in [2.05, 4.69) is 39.8 Å². The molecule has 1 N–H and O–H groups in total. The summed E-state index contributed by atoms with van der Waals surface area (Å²) >= 11 is 0. The van der Waals surface area contributed by atoms with Gasteiger partial charge in [-0.3, -0.25) is 4.90 Å². The zero-order valence-corrected chi connectivity index (χ0v) is 12.6. The number of ether oxygens (including phenoxy) is 1. The zero-order valence-electron chi connectivity index (χ0n) is 12.6. The van der Waals surface area contributed by atoms with Gasteiger partial charge >= 0.3 is 0 Å². The van der Waals surface area contributed by atoms with Gasteiger partial charge in [0.05, 0.1) is 19.5 Å². The van der Waals surface area contributed by atoms with Crippen LogP contribution in [-0.4, -0.2) is 60.4 Å². The van der Waals surface area contributed by atoms with Gasteiger partial charge in [0.25, 0.3) is 0 Å². The van der Waals surface area contributed by atoms with E-state index in [9.17, 15) is 0 Å². The average molecular weight is 278 g/mol. The molecule has 2 saturated heterocycles. The van der Waals surface area contributed by atoms with Gasteiger partial charge in [0.1, 0.15) is 0 Å². The number of nitrogens with one attached hydrogen (secondary N) is 1. The third kappa shape index (κ3) is 2.75. The predicted octanol–water partition coefficient (Wildman–Crippen LogP) is 1.03. The Bertz CT molecular complexity index is 433. The van der Waals surface area contributed by atoms with Crippen molar-refractivity contribution in [1.29, 1.82) is 0 Å². The van der Waals surface area contributed by atoms with Crippen molar-refractivity contribution < 1.29 is 4.74 Å². The van der Waals surface area contributed by atoms with Gasteiger partial charge in [-0.15, -0.1) is 0 Å². The van der Waals surface area contributed by atoms with Gasteiger partial charge in [0, 0.05) is 49.5 Å². The molecule has 0 radical (unpaired) electrons. The zero-order chi connectivity index (χ0) is 14.0. The Kier molecular flexibility index (Phi) is 4.10. The van der Waals surface area contributed by atoms with Gasteiger partial charge < -0.3 is 14.6 Å². The highest BCUT2D eigenvalue weighted by molar-refractivity contribution is 5.18. The maximum absolute atomic E-state index is 5.42. The summed E-state index contributed by atoms with van der Waals surface area (Å²) in [7, 11) is 0. The number of nitrogens with zero attached hydrogens (tertiary/aromatic N) is 3. The van der Waals surface area contributed by atoms with E-state index < -0.39 is 0 Å². The van der Waals surface area contributed by atoms with Crippen molar-refractivity contribution in [1.82, 2.24) is 19.8 Å². The Morgan fingerprint density at radius 1 is 1.45 bits per heavy atom. The molecular formula is C15H26N4O. The van der Waals surface area contributed by atoms with Crippen molar-refractivity contribution in [3.8, 4) is 0 Å². The van der Waals surface area contributed by atoms with E-state index in [1.165, 1.54) is 12.1 Å². The fourth-order valence-corrected chi connectivity index (χ4v) is 3.40. The van der Waals surface area contributed by atoms with E-state index in [1.54, 1.807) is 0 Å². The second-order valence-corrected chi connectivity index (χ2v) is 6.44. The van der Waals surface area contributed by atoms with Crippen molar-refractivity contribution in [3.05, 3.63) is 18.2 Å². The van der Waals surface area contributed by atoms with Crippen molar-refractivity contribution in [2.45, 2.75) is 31.7 Å². The van der Waals surface area contributed by atoms with E-state index in [4.69, 9.17) is 4.74 Å². The molecule has 5 nitrogen and oxygen atoms in total. The fourth-order valence-electron chi connectivity index (χ4n) is 3.40. The molecule has 0 aromatic carbocycles. The van der Waals surface area contributed by atoms with E-state index in [-0.39, 0.29) is 5.41 Å². The molecule has 0 amide bonds. The maximum Gasteiger partial charge on any atom is 0.0951 e. The Morgan fingerprint density at radius 3 is 2.95 bits per heavy atom. The second kappa shape index (κ2) is 5.84.